The van der Waals surface area contributed by atoms with E-state index in [1.807, 2.05) is 11.9 Å². The van der Waals surface area contributed by atoms with Crippen LogP contribution in [0.1, 0.15) is 21.5 Å². The third kappa shape index (κ3) is 3.41. The molecule has 0 radical (unpaired) electrons. The molecule has 0 aliphatic carbocycles. The van der Waals surface area contributed by atoms with Crippen molar-refractivity contribution < 1.29 is 4.79 Å². The lowest BCUT2D eigenvalue weighted by Crippen LogP contribution is -2.46. The summed E-state index contributed by atoms with van der Waals surface area (Å²) in [7, 11) is 5.80. The van der Waals surface area contributed by atoms with Gasteiger partial charge in [-0.2, -0.15) is 0 Å². The normalized spacial score (nSPS) is 17.2. The number of pyridine rings is 1. The Morgan fingerprint density at radius 2 is 2.08 bits per heavy atom. The molecule has 1 N–H and O–H groups in total. The summed E-state index contributed by atoms with van der Waals surface area (Å²) in [6, 6.07) is 12.4. The highest BCUT2D eigenvalue weighted by Gasteiger charge is 2.25. The third-order valence-corrected chi connectivity index (χ3v) is 4.71. The minimum atomic E-state index is 0.0289. The maximum Gasteiger partial charge on any atom is 0.253 e. The minimum Gasteiger partial charge on any atom is -0.373 e. The van der Waals surface area contributed by atoms with Gasteiger partial charge in [0.05, 0.1) is 0 Å². The van der Waals surface area contributed by atoms with Crippen LogP contribution < -0.4 is 5.32 Å². The third-order valence-electron chi connectivity index (χ3n) is 4.71. The zero-order chi connectivity index (χ0) is 17.1. The van der Waals surface area contributed by atoms with Crippen LogP contribution in [-0.2, 0) is 13.0 Å². The van der Waals surface area contributed by atoms with E-state index in [1.54, 1.807) is 25.4 Å². The predicted molar refractivity (Wildman–Crippen MR) is 96.1 cm³/mol. The molecule has 1 aliphatic heterocycles. The van der Waals surface area contributed by atoms with E-state index in [-0.39, 0.29) is 5.91 Å². The van der Waals surface area contributed by atoms with E-state index in [0.717, 1.165) is 13.0 Å². The Bertz CT molecular complexity index is 731. The van der Waals surface area contributed by atoms with Crippen LogP contribution in [0.5, 0.6) is 0 Å². The zero-order valence-corrected chi connectivity index (χ0v) is 14.5. The topological polar surface area (TPSA) is 48.5 Å². The first kappa shape index (κ1) is 16.5. The highest BCUT2D eigenvalue weighted by molar-refractivity contribution is 5.94. The van der Waals surface area contributed by atoms with E-state index in [1.165, 1.54) is 11.1 Å². The number of hydrogen-bond donors (Lipinski definition) is 1. The number of hydrogen-bond acceptors (Lipinski definition) is 4. The van der Waals surface area contributed by atoms with Gasteiger partial charge in [0, 0.05) is 45.0 Å². The Morgan fingerprint density at radius 1 is 1.33 bits per heavy atom. The summed E-state index contributed by atoms with van der Waals surface area (Å²) in [5.41, 5.74) is 3.44. The van der Waals surface area contributed by atoms with Gasteiger partial charge in [-0.15, -0.1) is 0 Å². The van der Waals surface area contributed by atoms with Crippen LogP contribution in [0.3, 0.4) is 0 Å². The lowest BCUT2D eigenvalue weighted by Gasteiger charge is -2.36. The molecule has 0 saturated heterocycles. The molecule has 0 bridgehead atoms. The summed E-state index contributed by atoms with van der Waals surface area (Å²) in [5.74, 6) is 0.735. The van der Waals surface area contributed by atoms with Gasteiger partial charge in [-0.25, -0.2) is 4.98 Å². The first-order valence-electron chi connectivity index (χ1n) is 8.24. The van der Waals surface area contributed by atoms with Gasteiger partial charge in [0.2, 0.25) is 0 Å². The fraction of sp³-hybridized carbons (Fsp3) is 0.368. The molecule has 1 amide bonds. The van der Waals surface area contributed by atoms with Gasteiger partial charge in [-0.1, -0.05) is 24.3 Å². The number of rotatable bonds is 4. The molecule has 1 aliphatic rings. The highest BCUT2D eigenvalue weighted by atomic mass is 16.2. The lowest BCUT2D eigenvalue weighted by molar-refractivity contribution is 0.0733. The molecule has 0 saturated carbocycles. The molecule has 1 atom stereocenters. The van der Waals surface area contributed by atoms with Crippen molar-refractivity contribution in [2.75, 3.05) is 33.0 Å². The average Bonchev–Trinajstić information content (AvgIpc) is 2.61. The molecule has 1 aromatic carbocycles. The van der Waals surface area contributed by atoms with Crippen LogP contribution in [0.15, 0.2) is 42.6 Å². The predicted octanol–water partition coefficient (Wildman–Crippen LogP) is 2.25. The molecule has 0 fully saturated rings. The Kier molecular flexibility index (Phi) is 4.81. The van der Waals surface area contributed by atoms with E-state index >= 15 is 0 Å². The van der Waals surface area contributed by atoms with E-state index < -0.39 is 0 Å². The molecule has 24 heavy (non-hydrogen) atoms. The van der Waals surface area contributed by atoms with Gasteiger partial charge in [0.25, 0.3) is 5.91 Å². The number of aromatic nitrogens is 1. The molecule has 1 aromatic heterocycles. The number of amides is 1. The summed E-state index contributed by atoms with van der Waals surface area (Å²) in [6.45, 7) is 1.64. The van der Waals surface area contributed by atoms with E-state index in [2.05, 4.69) is 46.5 Å². The van der Waals surface area contributed by atoms with Crippen molar-refractivity contribution in [3.05, 3.63) is 59.3 Å². The maximum absolute atomic E-state index is 12.7. The number of carbonyl (C=O) groups excluding carboxylic acids is 1. The second kappa shape index (κ2) is 7.01. The SMILES string of the molecule is CNc1cc(C(=O)N(C)C[C@@H]2Cc3ccccc3CN2C)ccn1. The number of fused-ring (bicyclic) bond motifs is 1. The second-order valence-corrected chi connectivity index (χ2v) is 6.41. The van der Waals surface area contributed by atoms with Gasteiger partial charge in [0.1, 0.15) is 5.82 Å². The van der Waals surface area contributed by atoms with E-state index in [9.17, 15) is 4.79 Å². The van der Waals surface area contributed by atoms with Crippen LogP contribution in [-0.4, -0.2) is 54.4 Å². The van der Waals surface area contributed by atoms with Crippen LogP contribution >= 0.6 is 0 Å². The summed E-state index contributed by atoms with van der Waals surface area (Å²) in [6.07, 6.45) is 2.64. The monoisotopic (exact) mass is 324 g/mol. The largest absolute Gasteiger partial charge is 0.373 e. The molecule has 2 heterocycles. The lowest BCUT2D eigenvalue weighted by atomic mass is 9.94. The van der Waals surface area contributed by atoms with Gasteiger partial charge < -0.3 is 10.2 Å². The zero-order valence-electron chi connectivity index (χ0n) is 14.5. The molecule has 0 spiro atoms. The van der Waals surface area contributed by atoms with Crippen molar-refractivity contribution in [2.24, 2.45) is 0 Å². The van der Waals surface area contributed by atoms with Crippen LogP contribution in [0, 0.1) is 0 Å². The molecule has 3 rings (SSSR count). The van der Waals surface area contributed by atoms with Crippen LogP contribution in [0.25, 0.3) is 0 Å². The van der Waals surface area contributed by atoms with Gasteiger partial charge >= 0.3 is 0 Å². The summed E-state index contributed by atoms with van der Waals surface area (Å²) < 4.78 is 0. The van der Waals surface area contributed by atoms with Crippen molar-refractivity contribution in [3.63, 3.8) is 0 Å². The summed E-state index contributed by atoms with van der Waals surface area (Å²) in [4.78, 5) is 21.0. The number of anilines is 1. The van der Waals surface area contributed by atoms with Gasteiger partial charge in [0.15, 0.2) is 0 Å². The molecule has 2 aromatic rings. The molecule has 5 heteroatoms. The summed E-state index contributed by atoms with van der Waals surface area (Å²) >= 11 is 0. The highest BCUT2D eigenvalue weighted by Crippen LogP contribution is 2.22. The average molecular weight is 324 g/mol. The molecule has 0 unspecified atom stereocenters. The quantitative estimate of drug-likeness (QED) is 0.937. The fourth-order valence-electron chi connectivity index (χ4n) is 3.24. The Labute approximate surface area is 143 Å². The minimum absolute atomic E-state index is 0.0289. The van der Waals surface area contributed by atoms with E-state index in [4.69, 9.17) is 0 Å². The smallest absolute Gasteiger partial charge is 0.253 e. The number of nitrogens with zero attached hydrogens (tertiary/aromatic N) is 3. The number of likely N-dealkylation sites (N-methyl/N-ethyl adjacent to an activating group) is 2. The standard InChI is InChI=1S/C19H24N4O/c1-20-18-11-15(8-9-21-18)19(24)23(3)13-17-10-14-6-4-5-7-16(14)12-22(17)2/h4-9,11,17H,10,12-13H2,1-3H3,(H,20,21)/t17-/m0/s1. The van der Waals surface area contributed by atoms with Crippen LogP contribution in [0.4, 0.5) is 5.82 Å². The molecular weight excluding hydrogens is 300 g/mol. The van der Waals surface area contributed by atoms with Crippen molar-refractivity contribution in [1.29, 1.82) is 0 Å². The molecule has 126 valence electrons. The second-order valence-electron chi connectivity index (χ2n) is 6.41. The van der Waals surface area contributed by atoms with E-state index in [0.29, 0.717) is 24.0 Å². The maximum atomic E-state index is 12.7. The van der Waals surface area contributed by atoms with Crippen molar-refractivity contribution in [3.8, 4) is 0 Å². The summed E-state index contributed by atoms with van der Waals surface area (Å²) in [5, 5.41) is 2.97. The molecule has 5 nitrogen and oxygen atoms in total. The first-order valence-corrected chi connectivity index (χ1v) is 8.24. The first-order chi connectivity index (χ1) is 11.6. The fourth-order valence-corrected chi connectivity index (χ4v) is 3.24. The Morgan fingerprint density at radius 3 is 2.83 bits per heavy atom. The Hall–Kier alpha value is -2.40. The number of carbonyl (C=O) groups is 1. The van der Waals surface area contributed by atoms with Crippen LogP contribution in [0.2, 0.25) is 0 Å². The van der Waals surface area contributed by atoms with Gasteiger partial charge in [-0.05, 0) is 36.7 Å². The molecular formula is C19H24N4O. The Balaban J connectivity index is 1.70. The van der Waals surface area contributed by atoms with Gasteiger partial charge in [-0.3, -0.25) is 9.69 Å². The van der Waals surface area contributed by atoms with Crippen molar-refractivity contribution in [2.45, 2.75) is 19.0 Å². The number of nitrogens with one attached hydrogen (secondary N) is 1. The number of benzene rings is 1. The van der Waals surface area contributed by atoms with Crippen molar-refractivity contribution >= 4 is 11.7 Å². The van der Waals surface area contributed by atoms with Crippen molar-refractivity contribution in [1.82, 2.24) is 14.8 Å².